The average Bonchev–Trinajstić information content (AvgIpc) is 2.44. The van der Waals surface area contributed by atoms with Crippen LogP contribution in [-0.2, 0) is 0 Å². The van der Waals surface area contributed by atoms with Crippen molar-refractivity contribution in [3.05, 3.63) is 63.5 Å². The van der Waals surface area contributed by atoms with E-state index >= 15 is 0 Å². The van der Waals surface area contributed by atoms with Crippen molar-refractivity contribution in [3.63, 3.8) is 0 Å². The Morgan fingerprint density at radius 3 is 2.52 bits per heavy atom. The molecule has 0 aliphatic heterocycles. The number of benzene rings is 1. The van der Waals surface area contributed by atoms with Crippen molar-refractivity contribution in [2.75, 3.05) is 5.75 Å². The molecule has 1 aromatic carbocycles. The van der Waals surface area contributed by atoms with E-state index in [2.05, 4.69) is 13.0 Å². The van der Waals surface area contributed by atoms with Gasteiger partial charge in [0.15, 0.2) is 12.0 Å². The molecule has 0 spiro atoms. The molecule has 0 bridgehead atoms. The molecule has 1 heterocycles. The number of nitrogens with zero attached hydrogens (tertiary/aromatic N) is 1. The lowest BCUT2D eigenvalue weighted by atomic mass is 9.92. The van der Waals surface area contributed by atoms with Crippen molar-refractivity contribution >= 4 is 17.5 Å². The van der Waals surface area contributed by atoms with E-state index in [-0.39, 0.29) is 11.5 Å². The van der Waals surface area contributed by atoms with Gasteiger partial charge in [-0.15, -0.1) is 0 Å². The standard InChI is InChI=1S/C17H19NO2S/c1-11-9-12(2)17(14(4)13(11)3)15(19)10-21-16-7-5-6-8-18(16)20/h5-9H,10H2,1-4H3. The zero-order valence-corrected chi connectivity index (χ0v) is 13.6. The highest BCUT2D eigenvalue weighted by Crippen LogP contribution is 2.24. The second-order valence-electron chi connectivity index (χ2n) is 5.21. The van der Waals surface area contributed by atoms with Gasteiger partial charge in [-0.25, -0.2) is 0 Å². The first-order valence-corrected chi connectivity index (χ1v) is 7.82. The quantitative estimate of drug-likeness (QED) is 0.375. The predicted molar refractivity (Wildman–Crippen MR) is 85.8 cm³/mol. The van der Waals surface area contributed by atoms with Gasteiger partial charge >= 0.3 is 0 Å². The molecule has 1 aromatic heterocycles. The number of carbonyl (C=O) groups excluding carboxylic acids is 1. The minimum Gasteiger partial charge on any atom is -0.618 e. The molecule has 21 heavy (non-hydrogen) atoms. The van der Waals surface area contributed by atoms with Gasteiger partial charge in [0.05, 0.1) is 5.75 Å². The summed E-state index contributed by atoms with van der Waals surface area (Å²) in [6, 6.07) is 7.26. The Morgan fingerprint density at radius 1 is 1.14 bits per heavy atom. The first kappa shape index (κ1) is 15.6. The van der Waals surface area contributed by atoms with Gasteiger partial charge in [0.2, 0.25) is 0 Å². The molecule has 0 atom stereocenters. The van der Waals surface area contributed by atoms with Gasteiger partial charge in [-0.1, -0.05) is 6.07 Å². The zero-order valence-electron chi connectivity index (χ0n) is 12.8. The second-order valence-corrected chi connectivity index (χ2v) is 6.21. The Morgan fingerprint density at radius 2 is 1.86 bits per heavy atom. The number of aryl methyl sites for hydroxylation is 2. The normalized spacial score (nSPS) is 10.7. The summed E-state index contributed by atoms with van der Waals surface area (Å²) < 4.78 is 0.790. The molecular weight excluding hydrogens is 282 g/mol. The maximum atomic E-state index is 12.5. The van der Waals surface area contributed by atoms with Gasteiger partial charge in [-0.05, 0) is 67.8 Å². The fourth-order valence-corrected chi connectivity index (χ4v) is 3.24. The molecule has 0 saturated carbocycles. The Labute approximate surface area is 129 Å². The van der Waals surface area contributed by atoms with Crippen LogP contribution in [0.25, 0.3) is 0 Å². The SMILES string of the molecule is Cc1cc(C)c(C(=O)CSc2cccc[n+]2[O-])c(C)c1C. The third-order valence-electron chi connectivity index (χ3n) is 3.77. The molecule has 0 aliphatic rings. The molecule has 0 aliphatic carbocycles. The molecule has 3 nitrogen and oxygen atoms in total. The summed E-state index contributed by atoms with van der Waals surface area (Å²) in [5, 5.41) is 12.1. The van der Waals surface area contributed by atoms with Crippen LogP contribution in [0.2, 0.25) is 0 Å². The van der Waals surface area contributed by atoms with Crippen LogP contribution in [-0.4, -0.2) is 11.5 Å². The van der Waals surface area contributed by atoms with Crippen LogP contribution in [0.4, 0.5) is 0 Å². The lowest BCUT2D eigenvalue weighted by Crippen LogP contribution is -2.28. The van der Waals surface area contributed by atoms with E-state index in [1.165, 1.54) is 23.5 Å². The van der Waals surface area contributed by atoms with Crippen LogP contribution < -0.4 is 4.73 Å². The molecule has 0 amide bonds. The van der Waals surface area contributed by atoms with Crippen molar-refractivity contribution in [1.29, 1.82) is 0 Å². The van der Waals surface area contributed by atoms with Crippen LogP contribution >= 0.6 is 11.8 Å². The maximum Gasteiger partial charge on any atom is 0.251 e. The molecule has 110 valence electrons. The molecule has 0 N–H and O–H groups in total. The number of ketones is 1. The molecule has 2 aromatic rings. The van der Waals surface area contributed by atoms with Gasteiger partial charge in [-0.3, -0.25) is 4.79 Å². The van der Waals surface area contributed by atoms with E-state index in [4.69, 9.17) is 0 Å². The number of hydrogen-bond acceptors (Lipinski definition) is 3. The van der Waals surface area contributed by atoms with E-state index in [9.17, 15) is 10.0 Å². The molecular formula is C17H19NO2S. The number of hydrogen-bond donors (Lipinski definition) is 0. The first-order chi connectivity index (χ1) is 9.91. The van der Waals surface area contributed by atoms with E-state index in [0.29, 0.717) is 5.03 Å². The van der Waals surface area contributed by atoms with E-state index in [1.54, 1.807) is 18.2 Å². The summed E-state index contributed by atoms with van der Waals surface area (Å²) in [7, 11) is 0. The van der Waals surface area contributed by atoms with Crippen LogP contribution in [0, 0.1) is 32.9 Å². The van der Waals surface area contributed by atoms with Gasteiger partial charge in [0.25, 0.3) is 5.03 Å². The van der Waals surface area contributed by atoms with E-state index < -0.39 is 0 Å². The Bertz CT molecular complexity index is 695. The number of pyridine rings is 1. The van der Waals surface area contributed by atoms with Gasteiger partial charge in [0.1, 0.15) is 0 Å². The topological polar surface area (TPSA) is 44.0 Å². The average molecular weight is 301 g/mol. The van der Waals surface area contributed by atoms with Crippen LogP contribution in [0.15, 0.2) is 35.5 Å². The van der Waals surface area contributed by atoms with Crippen LogP contribution in [0.5, 0.6) is 0 Å². The minimum atomic E-state index is 0.0713. The largest absolute Gasteiger partial charge is 0.618 e. The summed E-state index contributed by atoms with van der Waals surface area (Å²) in [5.74, 6) is 0.345. The highest BCUT2D eigenvalue weighted by molar-refractivity contribution is 7.99. The molecule has 0 fully saturated rings. The van der Waals surface area contributed by atoms with Crippen molar-refractivity contribution < 1.29 is 9.52 Å². The van der Waals surface area contributed by atoms with Gasteiger partial charge < -0.3 is 5.21 Å². The molecule has 0 saturated heterocycles. The predicted octanol–water partition coefficient (Wildman–Crippen LogP) is 3.53. The fraction of sp³-hybridized carbons (Fsp3) is 0.294. The van der Waals surface area contributed by atoms with Crippen molar-refractivity contribution in [1.82, 2.24) is 0 Å². The van der Waals surface area contributed by atoms with Crippen LogP contribution in [0.1, 0.15) is 32.6 Å². The highest BCUT2D eigenvalue weighted by atomic mass is 32.2. The van der Waals surface area contributed by atoms with E-state index in [0.717, 1.165) is 27.0 Å². The smallest absolute Gasteiger partial charge is 0.251 e. The lowest BCUT2D eigenvalue weighted by molar-refractivity contribution is -0.645. The number of aromatic nitrogens is 1. The van der Waals surface area contributed by atoms with E-state index in [1.807, 2.05) is 20.8 Å². The van der Waals surface area contributed by atoms with Crippen LogP contribution in [0.3, 0.4) is 0 Å². The summed E-state index contributed by atoms with van der Waals surface area (Å²) in [6.07, 6.45) is 1.44. The molecule has 0 radical (unpaired) electrons. The van der Waals surface area contributed by atoms with Crippen molar-refractivity contribution in [2.45, 2.75) is 32.7 Å². The molecule has 4 heteroatoms. The van der Waals surface area contributed by atoms with Gasteiger partial charge in [0, 0.05) is 17.7 Å². The minimum absolute atomic E-state index is 0.0713. The number of carbonyl (C=O) groups is 1. The summed E-state index contributed by atoms with van der Waals surface area (Å²) in [5.41, 5.74) is 5.20. The fourth-order valence-electron chi connectivity index (χ4n) is 2.45. The Kier molecular flexibility index (Phi) is 4.68. The Balaban J connectivity index is 2.22. The van der Waals surface area contributed by atoms with Crippen molar-refractivity contribution in [2.24, 2.45) is 0 Å². The monoisotopic (exact) mass is 301 g/mol. The number of rotatable bonds is 4. The first-order valence-electron chi connectivity index (χ1n) is 6.83. The summed E-state index contributed by atoms with van der Waals surface area (Å²) >= 11 is 1.28. The third-order valence-corrected chi connectivity index (χ3v) is 4.79. The summed E-state index contributed by atoms with van der Waals surface area (Å²) in [6.45, 7) is 8.05. The lowest BCUT2D eigenvalue weighted by Gasteiger charge is -2.13. The zero-order chi connectivity index (χ0) is 15.6. The summed E-state index contributed by atoms with van der Waals surface area (Å²) in [4.78, 5) is 12.5. The third kappa shape index (κ3) is 3.27. The Hall–Kier alpha value is -1.81. The number of Topliss-reactive ketones (excluding diaryl/α,β-unsaturated/α-hetero) is 1. The highest BCUT2D eigenvalue weighted by Gasteiger charge is 2.17. The second kappa shape index (κ2) is 6.31. The number of thioether (sulfide) groups is 1. The molecule has 0 unspecified atom stereocenters. The van der Waals surface area contributed by atoms with Gasteiger partial charge in [-0.2, -0.15) is 4.73 Å². The van der Waals surface area contributed by atoms with Crippen molar-refractivity contribution in [3.8, 4) is 0 Å². The molecule has 2 rings (SSSR count). The maximum absolute atomic E-state index is 12.5.